The van der Waals surface area contributed by atoms with Crippen molar-refractivity contribution >= 4 is 28.5 Å². The van der Waals surface area contributed by atoms with E-state index in [1.807, 2.05) is 12.1 Å². The van der Waals surface area contributed by atoms with Gasteiger partial charge in [-0.15, -0.1) is 0 Å². The Kier molecular flexibility index (Phi) is 3.53. The van der Waals surface area contributed by atoms with E-state index < -0.39 is 0 Å². The summed E-state index contributed by atoms with van der Waals surface area (Å²) in [5.41, 5.74) is 2.01. The predicted octanol–water partition coefficient (Wildman–Crippen LogP) is 2.01. The number of rotatable bonds is 2. The van der Waals surface area contributed by atoms with Gasteiger partial charge in [-0.05, 0) is 37.6 Å². The van der Waals surface area contributed by atoms with Crippen LogP contribution in [0.15, 0.2) is 30.5 Å². The van der Waals surface area contributed by atoms with Crippen molar-refractivity contribution in [2.45, 2.75) is 25.3 Å². The van der Waals surface area contributed by atoms with E-state index in [1.54, 1.807) is 4.90 Å². The fraction of sp³-hybridized carbons (Fsp3) is 0.412. The number of aromatic nitrogens is 1. The summed E-state index contributed by atoms with van der Waals surface area (Å²) in [6.07, 6.45) is 4.80. The molecule has 2 saturated heterocycles. The molecule has 1 aromatic carbocycles. The number of imide groups is 1. The van der Waals surface area contributed by atoms with Crippen molar-refractivity contribution in [3.8, 4) is 0 Å². The highest BCUT2D eigenvalue weighted by Gasteiger charge is 2.26. The van der Waals surface area contributed by atoms with Crippen molar-refractivity contribution < 1.29 is 9.59 Å². The number of anilines is 1. The van der Waals surface area contributed by atoms with E-state index >= 15 is 0 Å². The minimum atomic E-state index is -0.333. The third-order valence-corrected chi connectivity index (χ3v) is 4.75. The van der Waals surface area contributed by atoms with Gasteiger partial charge in [0.25, 0.3) is 0 Å². The summed E-state index contributed by atoms with van der Waals surface area (Å²) in [5, 5.41) is 6.90. The number of nitrogens with zero attached hydrogens (tertiary/aromatic N) is 2. The number of benzene rings is 1. The standard InChI is InChI=1S/C17H20N4O2/c22-16-7-10-21(17(23)19-16)15-5-1-4-14-13(15)6-9-20(14)12-3-2-8-18-11-12/h1,4-6,9,12,18H,2-3,7-8,10-11H2,(H,19,22,23)/t12-/m1/s1. The number of amides is 3. The first kappa shape index (κ1) is 14.3. The van der Waals surface area contributed by atoms with E-state index in [1.165, 1.54) is 12.8 Å². The summed E-state index contributed by atoms with van der Waals surface area (Å²) in [4.78, 5) is 25.1. The molecule has 3 amide bonds. The molecule has 1 atom stereocenters. The van der Waals surface area contributed by atoms with E-state index in [0.29, 0.717) is 19.0 Å². The van der Waals surface area contributed by atoms with Crippen molar-refractivity contribution in [2.75, 3.05) is 24.5 Å². The number of carbonyl (C=O) groups is 2. The zero-order valence-electron chi connectivity index (χ0n) is 12.9. The molecule has 23 heavy (non-hydrogen) atoms. The lowest BCUT2D eigenvalue weighted by Gasteiger charge is -2.28. The van der Waals surface area contributed by atoms with E-state index in [2.05, 4.69) is 33.5 Å². The molecule has 0 radical (unpaired) electrons. The van der Waals surface area contributed by atoms with Gasteiger partial charge in [0.2, 0.25) is 5.91 Å². The van der Waals surface area contributed by atoms with Crippen LogP contribution in [0.25, 0.3) is 10.9 Å². The molecule has 2 aromatic rings. The van der Waals surface area contributed by atoms with Gasteiger partial charge in [0.1, 0.15) is 0 Å². The van der Waals surface area contributed by atoms with Crippen molar-refractivity contribution in [1.82, 2.24) is 15.2 Å². The minimum absolute atomic E-state index is 0.204. The van der Waals surface area contributed by atoms with Gasteiger partial charge < -0.3 is 9.88 Å². The highest BCUT2D eigenvalue weighted by Crippen LogP contribution is 2.31. The van der Waals surface area contributed by atoms with Gasteiger partial charge in [-0.1, -0.05) is 6.07 Å². The summed E-state index contributed by atoms with van der Waals surface area (Å²) < 4.78 is 2.30. The fourth-order valence-corrected chi connectivity index (χ4v) is 3.59. The van der Waals surface area contributed by atoms with Crippen LogP contribution in [0.4, 0.5) is 10.5 Å². The van der Waals surface area contributed by atoms with Gasteiger partial charge in [-0.25, -0.2) is 4.79 Å². The maximum atomic E-state index is 12.1. The van der Waals surface area contributed by atoms with Crippen LogP contribution in [0.1, 0.15) is 25.3 Å². The Hall–Kier alpha value is -2.34. The molecule has 0 unspecified atom stereocenters. The Morgan fingerprint density at radius 1 is 1.17 bits per heavy atom. The molecule has 1 aromatic heterocycles. The highest BCUT2D eigenvalue weighted by atomic mass is 16.2. The molecule has 3 heterocycles. The third kappa shape index (κ3) is 2.49. The first-order chi connectivity index (χ1) is 11.2. The van der Waals surface area contributed by atoms with Gasteiger partial charge in [-0.2, -0.15) is 0 Å². The average Bonchev–Trinajstić information content (AvgIpc) is 3.00. The summed E-state index contributed by atoms with van der Waals surface area (Å²) in [6, 6.07) is 8.22. The number of urea groups is 1. The Morgan fingerprint density at radius 2 is 2.09 bits per heavy atom. The molecule has 0 aliphatic carbocycles. The third-order valence-electron chi connectivity index (χ3n) is 4.75. The summed E-state index contributed by atoms with van der Waals surface area (Å²) in [7, 11) is 0. The zero-order chi connectivity index (χ0) is 15.8. The zero-order valence-corrected chi connectivity index (χ0v) is 12.9. The predicted molar refractivity (Wildman–Crippen MR) is 88.6 cm³/mol. The first-order valence-corrected chi connectivity index (χ1v) is 8.15. The maximum absolute atomic E-state index is 12.1. The van der Waals surface area contributed by atoms with Crippen LogP contribution >= 0.6 is 0 Å². The molecule has 6 heteroatoms. The first-order valence-electron chi connectivity index (χ1n) is 8.15. The number of hydrogen-bond donors (Lipinski definition) is 2. The van der Waals surface area contributed by atoms with Crippen LogP contribution in [-0.4, -0.2) is 36.1 Å². The van der Waals surface area contributed by atoms with E-state index in [9.17, 15) is 9.59 Å². The second-order valence-electron chi connectivity index (χ2n) is 6.19. The second-order valence-corrected chi connectivity index (χ2v) is 6.19. The summed E-state index contributed by atoms with van der Waals surface area (Å²) in [5.74, 6) is -0.204. The lowest BCUT2D eigenvalue weighted by atomic mass is 10.1. The van der Waals surface area contributed by atoms with Crippen LogP contribution in [0.2, 0.25) is 0 Å². The average molecular weight is 312 g/mol. The molecule has 6 nitrogen and oxygen atoms in total. The number of hydrogen-bond acceptors (Lipinski definition) is 3. The number of piperidine rings is 1. The van der Waals surface area contributed by atoms with Crippen molar-refractivity contribution in [2.24, 2.45) is 0 Å². The SMILES string of the molecule is O=C1CCN(c2cccc3c2ccn3[C@@H]2CCCNC2)C(=O)N1. The van der Waals surface area contributed by atoms with E-state index in [0.717, 1.165) is 29.7 Å². The summed E-state index contributed by atoms with van der Waals surface area (Å²) in [6.45, 7) is 2.50. The van der Waals surface area contributed by atoms with Gasteiger partial charge in [0.05, 0.1) is 11.2 Å². The Morgan fingerprint density at radius 3 is 2.87 bits per heavy atom. The molecular formula is C17H20N4O2. The molecule has 0 bridgehead atoms. The Bertz CT molecular complexity index is 761. The normalized spacial score (nSPS) is 22.4. The van der Waals surface area contributed by atoms with Gasteiger partial charge in [0.15, 0.2) is 0 Å². The van der Waals surface area contributed by atoms with Crippen LogP contribution in [-0.2, 0) is 4.79 Å². The highest BCUT2D eigenvalue weighted by molar-refractivity contribution is 6.09. The molecule has 0 spiro atoms. The quantitative estimate of drug-likeness (QED) is 0.891. The Balaban J connectivity index is 1.73. The smallest absolute Gasteiger partial charge is 0.328 e. The van der Waals surface area contributed by atoms with Crippen molar-refractivity contribution in [3.63, 3.8) is 0 Å². The van der Waals surface area contributed by atoms with Gasteiger partial charge in [0, 0.05) is 37.1 Å². The monoisotopic (exact) mass is 312 g/mol. The molecule has 2 aliphatic heterocycles. The largest absolute Gasteiger partial charge is 0.343 e. The van der Waals surface area contributed by atoms with Crippen molar-refractivity contribution in [3.05, 3.63) is 30.5 Å². The lowest BCUT2D eigenvalue weighted by Crippen LogP contribution is -2.49. The van der Waals surface area contributed by atoms with Crippen LogP contribution in [0.3, 0.4) is 0 Å². The second kappa shape index (κ2) is 5.70. The van der Waals surface area contributed by atoms with Crippen molar-refractivity contribution in [1.29, 1.82) is 0 Å². The van der Waals surface area contributed by atoms with E-state index in [-0.39, 0.29) is 11.9 Å². The molecule has 2 aliphatic rings. The minimum Gasteiger partial charge on any atom is -0.343 e. The number of fused-ring (bicyclic) bond motifs is 1. The topological polar surface area (TPSA) is 66.4 Å². The molecule has 0 saturated carbocycles. The van der Waals surface area contributed by atoms with Gasteiger partial charge >= 0.3 is 6.03 Å². The summed E-state index contributed by atoms with van der Waals surface area (Å²) >= 11 is 0. The van der Waals surface area contributed by atoms with Gasteiger partial charge in [-0.3, -0.25) is 15.0 Å². The molecular weight excluding hydrogens is 292 g/mol. The maximum Gasteiger partial charge on any atom is 0.328 e. The fourth-order valence-electron chi connectivity index (χ4n) is 3.59. The van der Waals surface area contributed by atoms with Crippen LogP contribution < -0.4 is 15.5 Å². The number of carbonyl (C=O) groups excluding carboxylic acids is 2. The lowest BCUT2D eigenvalue weighted by molar-refractivity contribution is -0.120. The number of nitrogens with one attached hydrogen (secondary N) is 2. The molecule has 4 rings (SSSR count). The van der Waals surface area contributed by atoms with E-state index in [4.69, 9.17) is 0 Å². The molecule has 2 N–H and O–H groups in total. The van der Waals surface area contributed by atoms with Crippen LogP contribution in [0, 0.1) is 0 Å². The van der Waals surface area contributed by atoms with Crippen LogP contribution in [0.5, 0.6) is 0 Å². The molecule has 120 valence electrons. The Labute approximate surface area is 134 Å². The molecule has 2 fully saturated rings.